The third-order valence-electron chi connectivity index (χ3n) is 3.90. The van der Waals surface area contributed by atoms with E-state index in [1.165, 1.54) is 0 Å². The van der Waals surface area contributed by atoms with Gasteiger partial charge in [0.25, 0.3) is 0 Å². The van der Waals surface area contributed by atoms with Crippen LogP contribution in [0.15, 0.2) is 48.7 Å². The second kappa shape index (κ2) is 7.82. The van der Waals surface area contributed by atoms with Gasteiger partial charge in [-0.1, -0.05) is 23.7 Å². The molecule has 3 rings (SSSR count). The van der Waals surface area contributed by atoms with Crippen molar-refractivity contribution in [2.75, 3.05) is 13.1 Å². The minimum atomic E-state index is -0.116. The Morgan fingerprint density at radius 3 is 2.92 bits per heavy atom. The van der Waals surface area contributed by atoms with Crippen molar-refractivity contribution in [2.45, 2.75) is 12.5 Å². The Kier molecular flexibility index (Phi) is 5.32. The van der Waals surface area contributed by atoms with Gasteiger partial charge in [-0.15, -0.1) is 0 Å². The molecule has 0 N–H and O–H groups in total. The number of ether oxygens (including phenoxy) is 1. The molecule has 1 saturated heterocycles. The molecule has 6 heteroatoms. The topological polar surface area (TPSA) is 66.2 Å². The summed E-state index contributed by atoms with van der Waals surface area (Å²) in [6.45, 7) is 1.13. The van der Waals surface area contributed by atoms with Gasteiger partial charge in [0.05, 0.1) is 18.2 Å². The molecule has 0 aliphatic carbocycles. The molecule has 5 nitrogen and oxygen atoms in total. The molecule has 0 radical (unpaired) electrons. The highest BCUT2D eigenvalue weighted by Gasteiger charge is 2.26. The maximum absolute atomic E-state index is 12.3. The molecular formula is C19H16ClN3O2. The fraction of sp³-hybridized carbons (Fsp3) is 0.211. The fourth-order valence-corrected chi connectivity index (χ4v) is 2.71. The first-order valence-corrected chi connectivity index (χ1v) is 8.27. The number of nitriles is 1. The molecule has 1 aliphatic heterocycles. The average Bonchev–Trinajstić information content (AvgIpc) is 3.09. The summed E-state index contributed by atoms with van der Waals surface area (Å²) < 4.78 is 5.78. The second-order valence-electron chi connectivity index (χ2n) is 5.69. The first kappa shape index (κ1) is 17.0. The minimum Gasteiger partial charge on any atom is -0.472 e. The Morgan fingerprint density at radius 1 is 1.36 bits per heavy atom. The summed E-state index contributed by atoms with van der Waals surface area (Å²) >= 11 is 5.84. The van der Waals surface area contributed by atoms with Crippen LogP contribution < -0.4 is 4.74 Å². The molecule has 1 atom stereocenters. The van der Waals surface area contributed by atoms with Crippen molar-refractivity contribution in [1.82, 2.24) is 9.88 Å². The van der Waals surface area contributed by atoms with Crippen molar-refractivity contribution >= 4 is 23.6 Å². The van der Waals surface area contributed by atoms with E-state index < -0.39 is 0 Å². The number of carbonyl (C=O) groups is 1. The zero-order valence-electron chi connectivity index (χ0n) is 13.4. The van der Waals surface area contributed by atoms with Gasteiger partial charge < -0.3 is 9.64 Å². The number of halogens is 1. The predicted octanol–water partition coefficient (Wildman–Crippen LogP) is 3.30. The Labute approximate surface area is 151 Å². The lowest BCUT2D eigenvalue weighted by Crippen LogP contribution is -2.29. The predicted molar refractivity (Wildman–Crippen MR) is 95.1 cm³/mol. The monoisotopic (exact) mass is 353 g/mol. The second-order valence-corrected chi connectivity index (χ2v) is 6.13. The van der Waals surface area contributed by atoms with Crippen LogP contribution in [0, 0.1) is 11.3 Å². The van der Waals surface area contributed by atoms with E-state index in [0.29, 0.717) is 29.6 Å². The SMILES string of the molecule is N#Cc1ccnc(OC2CCN(C(=O)/C=C/c3ccc(Cl)cc3)C2)c1. The Bertz CT molecular complexity index is 827. The van der Waals surface area contributed by atoms with Gasteiger partial charge in [-0.25, -0.2) is 4.98 Å². The van der Waals surface area contributed by atoms with Gasteiger partial charge in [0.1, 0.15) is 6.10 Å². The van der Waals surface area contributed by atoms with E-state index in [9.17, 15) is 4.79 Å². The number of rotatable bonds is 4. The van der Waals surface area contributed by atoms with E-state index in [1.54, 1.807) is 47.5 Å². The maximum atomic E-state index is 12.3. The Balaban J connectivity index is 1.55. The van der Waals surface area contributed by atoms with Crippen molar-refractivity contribution in [3.63, 3.8) is 0 Å². The smallest absolute Gasteiger partial charge is 0.246 e. The Hall–Kier alpha value is -2.84. The molecule has 0 spiro atoms. The summed E-state index contributed by atoms with van der Waals surface area (Å²) in [4.78, 5) is 18.1. The number of hydrogen-bond donors (Lipinski definition) is 0. The van der Waals surface area contributed by atoms with Crippen molar-refractivity contribution in [1.29, 1.82) is 5.26 Å². The number of nitrogens with zero attached hydrogens (tertiary/aromatic N) is 3. The normalized spacial score (nSPS) is 16.8. The molecule has 25 heavy (non-hydrogen) atoms. The highest BCUT2D eigenvalue weighted by molar-refractivity contribution is 6.30. The van der Waals surface area contributed by atoms with Crippen LogP contribution in [0.5, 0.6) is 5.88 Å². The van der Waals surface area contributed by atoms with Gasteiger partial charge in [-0.2, -0.15) is 5.26 Å². The average molecular weight is 354 g/mol. The van der Waals surface area contributed by atoms with Gasteiger partial charge in [0.2, 0.25) is 11.8 Å². The van der Waals surface area contributed by atoms with Gasteiger partial charge in [-0.3, -0.25) is 4.79 Å². The van der Waals surface area contributed by atoms with E-state index in [0.717, 1.165) is 12.0 Å². The molecule has 126 valence electrons. The van der Waals surface area contributed by atoms with Crippen LogP contribution in [-0.4, -0.2) is 35.0 Å². The maximum Gasteiger partial charge on any atom is 0.246 e. The third kappa shape index (κ3) is 4.59. The minimum absolute atomic E-state index is 0.0558. The number of aromatic nitrogens is 1. The summed E-state index contributed by atoms with van der Waals surface area (Å²) in [5, 5.41) is 9.57. The van der Waals surface area contributed by atoms with E-state index in [-0.39, 0.29) is 12.0 Å². The summed E-state index contributed by atoms with van der Waals surface area (Å²) in [7, 11) is 0. The quantitative estimate of drug-likeness (QED) is 0.791. The van der Waals surface area contributed by atoms with Gasteiger partial charge in [0, 0.05) is 36.3 Å². The van der Waals surface area contributed by atoms with Crippen LogP contribution >= 0.6 is 11.6 Å². The van der Waals surface area contributed by atoms with Gasteiger partial charge in [-0.05, 0) is 29.8 Å². The van der Waals surface area contributed by atoms with Gasteiger partial charge >= 0.3 is 0 Å². The van der Waals surface area contributed by atoms with Crippen molar-refractivity contribution in [3.05, 3.63) is 64.8 Å². The summed E-state index contributed by atoms with van der Waals surface area (Å²) in [6.07, 6.45) is 5.49. The van der Waals surface area contributed by atoms with Crippen LogP contribution in [0.3, 0.4) is 0 Å². The summed E-state index contributed by atoms with van der Waals surface area (Å²) in [6, 6.07) is 12.6. The van der Waals surface area contributed by atoms with Crippen molar-refractivity contribution in [2.24, 2.45) is 0 Å². The number of carbonyl (C=O) groups excluding carboxylic acids is 1. The van der Waals surface area contributed by atoms with E-state index in [1.807, 2.05) is 12.1 Å². The molecule has 2 aromatic rings. The van der Waals surface area contributed by atoms with Crippen molar-refractivity contribution < 1.29 is 9.53 Å². The zero-order valence-corrected chi connectivity index (χ0v) is 14.2. The summed E-state index contributed by atoms with van der Waals surface area (Å²) in [5.41, 5.74) is 1.42. The molecule has 1 unspecified atom stereocenters. The molecule has 2 heterocycles. The summed E-state index contributed by atoms with van der Waals surface area (Å²) in [5.74, 6) is 0.356. The lowest BCUT2D eigenvalue weighted by atomic mass is 10.2. The van der Waals surface area contributed by atoms with Crippen LogP contribution in [-0.2, 0) is 4.79 Å². The van der Waals surface area contributed by atoms with Crippen molar-refractivity contribution in [3.8, 4) is 11.9 Å². The lowest BCUT2D eigenvalue weighted by Gasteiger charge is -2.15. The van der Waals surface area contributed by atoms with Crippen LogP contribution in [0.4, 0.5) is 0 Å². The lowest BCUT2D eigenvalue weighted by molar-refractivity contribution is -0.125. The number of hydrogen-bond acceptors (Lipinski definition) is 4. The first-order chi connectivity index (χ1) is 12.1. The number of likely N-dealkylation sites (tertiary alicyclic amines) is 1. The van der Waals surface area contributed by atoms with Crippen LogP contribution in [0.1, 0.15) is 17.5 Å². The molecular weight excluding hydrogens is 338 g/mol. The number of amides is 1. The fourth-order valence-electron chi connectivity index (χ4n) is 2.59. The zero-order chi connectivity index (χ0) is 17.6. The number of pyridine rings is 1. The number of benzene rings is 1. The standard InChI is InChI=1S/C19H16ClN3O2/c20-16-4-1-14(2-5-16)3-6-19(24)23-10-8-17(13-23)25-18-11-15(12-21)7-9-22-18/h1-7,9,11,17H,8,10,13H2/b6-3+. The van der Waals surface area contributed by atoms with E-state index in [2.05, 4.69) is 11.1 Å². The van der Waals surface area contributed by atoms with Crippen LogP contribution in [0.25, 0.3) is 6.08 Å². The highest BCUT2D eigenvalue weighted by Crippen LogP contribution is 2.18. The molecule has 1 fully saturated rings. The van der Waals surface area contributed by atoms with E-state index in [4.69, 9.17) is 21.6 Å². The molecule has 1 aromatic heterocycles. The molecule has 0 saturated carbocycles. The third-order valence-corrected chi connectivity index (χ3v) is 4.15. The highest BCUT2D eigenvalue weighted by atomic mass is 35.5. The largest absolute Gasteiger partial charge is 0.472 e. The van der Waals surface area contributed by atoms with E-state index >= 15 is 0 Å². The van der Waals surface area contributed by atoms with Crippen LogP contribution in [0.2, 0.25) is 5.02 Å². The first-order valence-electron chi connectivity index (χ1n) is 7.89. The molecule has 0 bridgehead atoms. The molecule has 1 aromatic carbocycles. The Morgan fingerprint density at radius 2 is 2.16 bits per heavy atom. The van der Waals surface area contributed by atoms with Gasteiger partial charge in [0.15, 0.2) is 0 Å². The molecule has 1 amide bonds. The molecule has 1 aliphatic rings.